The molecule has 0 N–H and O–H groups in total. The molecule has 0 saturated carbocycles. The van der Waals surface area contributed by atoms with Gasteiger partial charge < -0.3 is 19.2 Å². The second-order valence-electron chi connectivity index (χ2n) is 5.90. The summed E-state index contributed by atoms with van der Waals surface area (Å²) in [6.45, 7) is 2.16. The monoisotopic (exact) mass is 390 g/mol. The molecule has 2 aromatic carbocycles. The second-order valence-corrected chi connectivity index (χ2v) is 6.31. The van der Waals surface area contributed by atoms with Crippen molar-refractivity contribution >= 4 is 23.7 Å². The number of carbonyl (C=O) groups excluding carboxylic acids is 1. The lowest BCUT2D eigenvalue weighted by atomic mass is 10.2. The number of oxime groups is 1. The highest BCUT2D eigenvalue weighted by atomic mass is 35.5. The van der Waals surface area contributed by atoms with Crippen molar-refractivity contribution in [2.24, 2.45) is 5.16 Å². The molecule has 144 valence electrons. The van der Waals surface area contributed by atoms with E-state index in [1.165, 1.54) is 20.4 Å². The van der Waals surface area contributed by atoms with Gasteiger partial charge in [-0.25, -0.2) is 0 Å². The maximum atomic E-state index is 12.4. The van der Waals surface area contributed by atoms with Crippen LogP contribution in [0.4, 0.5) is 0 Å². The summed E-state index contributed by atoms with van der Waals surface area (Å²) in [6.07, 6.45) is 0.750. The Balaban J connectivity index is 1.97. The van der Waals surface area contributed by atoms with Crippen molar-refractivity contribution in [1.82, 2.24) is 4.90 Å². The van der Waals surface area contributed by atoms with Gasteiger partial charge in [-0.2, -0.15) is 0 Å². The van der Waals surface area contributed by atoms with E-state index in [9.17, 15) is 4.79 Å². The van der Waals surface area contributed by atoms with Crippen LogP contribution in [0.1, 0.15) is 18.1 Å². The third-order valence-electron chi connectivity index (χ3n) is 3.86. The Morgan fingerprint density at radius 1 is 1.22 bits per heavy atom. The summed E-state index contributed by atoms with van der Waals surface area (Å²) in [5.41, 5.74) is 1.71. The zero-order valence-electron chi connectivity index (χ0n) is 15.8. The molecule has 2 rings (SSSR count). The van der Waals surface area contributed by atoms with Crippen molar-refractivity contribution < 1.29 is 19.1 Å². The Bertz CT molecular complexity index is 796. The highest BCUT2D eigenvalue weighted by molar-refractivity contribution is 6.32. The van der Waals surface area contributed by atoms with Crippen molar-refractivity contribution in [3.05, 3.63) is 58.6 Å². The van der Waals surface area contributed by atoms with Gasteiger partial charge in [0.15, 0.2) is 11.5 Å². The smallest absolute Gasteiger partial charge is 0.266 e. The second kappa shape index (κ2) is 9.83. The Morgan fingerprint density at radius 2 is 1.93 bits per heavy atom. The number of hydrogen-bond acceptors (Lipinski definition) is 5. The summed E-state index contributed by atoms with van der Waals surface area (Å²) in [6, 6.07) is 13.1. The molecule has 27 heavy (non-hydrogen) atoms. The van der Waals surface area contributed by atoms with Crippen molar-refractivity contribution in [1.29, 1.82) is 0 Å². The van der Waals surface area contributed by atoms with Gasteiger partial charge in [-0.15, -0.1) is 0 Å². The summed E-state index contributed by atoms with van der Waals surface area (Å²) in [4.78, 5) is 19.3. The molecule has 1 atom stereocenters. The summed E-state index contributed by atoms with van der Waals surface area (Å²) in [7, 11) is 4.77. The SMILES string of the molecule is COc1cc(/C=N\O[C@H](C)C(=O)N(C)Cc2ccccc2)cc(Cl)c1OC. The molecule has 0 heterocycles. The maximum absolute atomic E-state index is 12.4. The largest absolute Gasteiger partial charge is 0.493 e. The van der Waals surface area contributed by atoms with Gasteiger partial charge in [0.2, 0.25) is 6.10 Å². The van der Waals surface area contributed by atoms with Crippen molar-refractivity contribution in [3.63, 3.8) is 0 Å². The van der Waals surface area contributed by atoms with Crippen molar-refractivity contribution in [2.45, 2.75) is 19.6 Å². The third kappa shape index (κ3) is 5.62. The molecule has 0 bridgehead atoms. The quantitative estimate of drug-likeness (QED) is 0.508. The molecule has 0 spiro atoms. The molecule has 2 aromatic rings. The predicted molar refractivity (Wildman–Crippen MR) is 106 cm³/mol. The zero-order valence-corrected chi connectivity index (χ0v) is 16.6. The summed E-state index contributed by atoms with van der Waals surface area (Å²) in [5, 5.41) is 4.29. The van der Waals surface area contributed by atoms with E-state index in [4.69, 9.17) is 25.9 Å². The van der Waals surface area contributed by atoms with Gasteiger partial charge in [0.1, 0.15) is 0 Å². The molecule has 6 nitrogen and oxygen atoms in total. The van der Waals surface area contributed by atoms with E-state index >= 15 is 0 Å². The van der Waals surface area contributed by atoms with Crippen LogP contribution in [0.25, 0.3) is 0 Å². The Hall–Kier alpha value is -2.73. The number of likely N-dealkylation sites (N-methyl/N-ethyl adjacent to an activating group) is 1. The number of carbonyl (C=O) groups is 1. The van der Waals surface area contributed by atoms with Gasteiger partial charge in [0.05, 0.1) is 25.5 Å². The minimum atomic E-state index is -0.717. The predicted octanol–water partition coefficient (Wildman–Crippen LogP) is 3.75. The van der Waals surface area contributed by atoms with E-state index in [2.05, 4.69) is 5.16 Å². The standard InChI is InChI=1S/C20H23ClN2O4/c1-14(20(24)23(2)13-15-8-6-5-7-9-15)27-22-12-16-10-17(21)19(26-4)18(11-16)25-3/h5-12,14H,13H2,1-4H3/b22-12-/t14-/m1/s1. The normalized spacial score (nSPS) is 11.9. The highest BCUT2D eigenvalue weighted by Crippen LogP contribution is 2.35. The maximum Gasteiger partial charge on any atom is 0.266 e. The number of ether oxygens (including phenoxy) is 2. The lowest BCUT2D eigenvalue weighted by Gasteiger charge is -2.20. The Labute approximate surface area is 164 Å². The molecule has 0 aliphatic rings. The number of methoxy groups -OCH3 is 2. The van der Waals surface area contributed by atoms with Gasteiger partial charge in [0, 0.05) is 19.2 Å². The van der Waals surface area contributed by atoms with Gasteiger partial charge in [0.25, 0.3) is 5.91 Å². The van der Waals surface area contributed by atoms with Gasteiger partial charge in [-0.05, 0) is 24.6 Å². The molecule has 7 heteroatoms. The molecule has 0 aromatic heterocycles. The highest BCUT2D eigenvalue weighted by Gasteiger charge is 2.19. The van der Waals surface area contributed by atoms with Crippen LogP contribution in [0.3, 0.4) is 0 Å². The number of benzene rings is 2. The van der Waals surface area contributed by atoms with E-state index in [1.54, 1.807) is 31.0 Å². The number of halogens is 1. The molecule has 0 aliphatic heterocycles. The van der Waals surface area contributed by atoms with Crippen LogP contribution in [0.2, 0.25) is 5.02 Å². The topological polar surface area (TPSA) is 60.4 Å². The molecule has 0 saturated heterocycles. The van der Waals surface area contributed by atoms with Crippen molar-refractivity contribution in [3.8, 4) is 11.5 Å². The Kier molecular flexibility index (Phi) is 7.49. The van der Waals surface area contributed by atoms with E-state index in [0.717, 1.165) is 5.56 Å². The Morgan fingerprint density at radius 3 is 2.56 bits per heavy atom. The van der Waals surface area contributed by atoms with Gasteiger partial charge in [-0.1, -0.05) is 47.1 Å². The fourth-order valence-corrected chi connectivity index (χ4v) is 2.78. The number of hydrogen-bond donors (Lipinski definition) is 0. The molecule has 0 unspecified atom stereocenters. The summed E-state index contributed by atoms with van der Waals surface area (Å²) in [5.74, 6) is 0.767. The van der Waals surface area contributed by atoms with Crippen LogP contribution in [0.5, 0.6) is 11.5 Å². The van der Waals surface area contributed by atoms with E-state index < -0.39 is 6.10 Å². The first kappa shape index (κ1) is 20.6. The number of nitrogens with zero attached hydrogens (tertiary/aromatic N) is 2. The van der Waals surface area contributed by atoms with Gasteiger partial charge in [-0.3, -0.25) is 4.79 Å². The lowest BCUT2D eigenvalue weighted by molar-refractivity contribution is -0.141. The molecule has 1 amide bonds. The first-order chi connectivity index (χ1) is 13.0. The van der Waals surface area contributed by atoms with E-state index in [0.29, 0.717) is 28.6 Å². The molecular formula is C20H23ClN2O4. The van der Waals surface area contributed by atoms with Crippen LogP contribution >= 0.6 is 11.6 Å². The number of amides is 1. The fraction of sp³-hybridized carbons (Fsp3) is 0.300. The van der Waals surface area contributed by atoms with E-state index in [-0.39, 0.29) is 5.91 Å². The van der Waals surface area contributed by atoms with Crippen molar-refractivity contribution in [2.75, 3.05) is 21.3 Å². The summed E-state index contributed by atoms with van der Waals surface area (Å²) < 4.78 is 10.4. The third-order valence-corrected chi connectivity index (χ3v) is 4.14. The molecule has 0 radical (unpaired) electrons. The minimum Gasteiger partial charge on any atom is -0.493 e. The van der Waals surface area contributed by atoms with Crippen LogP contribution in [-0.4, -0.2) is 44.4 Å². The van der Waals surface area contributed by atoms with Crippen LogP contribution in [0, 0.1) is 0 Å². The lowest BCUT2D eigenvalue weighted by Crippen LogP contribution is -2.35. The molecular weight excluding hydrogens is 368 g/mol. The summed E-state index contributed by atoms with van der Waals surface area (Å²) >= 11 is 6.16. The average Bonchev–Trinajstić information content (AvgIpc) is 2.67. The zero-order chi connectivity index (χ0) is 19.8. The van der Waals surface area contributed by atoms with E-state index in [1.807, 2.05) is 30.3 Å². The minimum absolute atomic E-state index is 0.165. The molecule has 0 fully saturated rings. The first-order valence-electron chi connectivity index (χ1n) is 8.36. The first-order valence-corrected chi connectivity index (χ1v) is 8.73. The van der Waals surface area contributed by atoms with Crippen LogP contribution < -0.4 is 9.47 Å². The molecule has 0 aliphatic carbocycles. The number of rotatable bonds is 8. The van der Waals surface area contributed by atoms with Crippen LogP contribution in [0.15, 0.2) is 47.6 Å². The fourth-order valence-electron chi connectivity index (χ4n) is 2.49. The average molecular weight is 391 g/mol. The van der Waals surface area contributed by atoms with Gasteiger partial charge >= 0.3 is 0 Å². The van der Waals surface area contributed by atoms with Crippen LogP contribution in [-0.2, 0) is 16.2 Å².